The van der Waals surface area contributed by atoms with E-state index in [0.717, 1.165) is 24.8 Å². The van der Waals surface area contributed by atoms with Gasteiger partial charge in [0.2, 0.25) is 0 Å². The van der Waals surface area contributed by atoms with Crippen molar-refractivity contribution in [3.05, 3.63) is 44.7 Å². The Bertz CT molecular complexity index is 609. The highest BCUT2D eigenvalue weighted by Crippen LogP contribution is 2.11. The third-order valence-corrected chi connectivity index (χ3v) is 2.55. The fourth-order valence-electron chi connectivity index (χ4n) is 1.68. The van der Waals surface area contributed by atoms with Crippen LogP contribution >= 0.6 is 0 Å². The Morgan fingerprint density at radius 1 is 1.31 bits per heavy atom. The summed E-state index contributed by atoms with van der Waals surface area (Å²) >= 11 is 0. The van der Waals surface area contributed by atoms with E-state index in [1.807, 2.05) is 12.1 Å². The molecule has 16 heavy (non-hydrogen) atoms. The molecule has 1 heterocycles. The van der Waals surface area contributed by atoms with Crippen molar-refractivity contribution in [2.75, 3.05) is 0 Å². The van der Waals surface area contributed by atoms with Gasteiger partial charge in [0, 0.05) is 0 Å². The summed E-state index contributed by atoms with van der Waals surface area (Å²) in [6.07, 6.45) is 3.16. The van der Waals surface area contributed by atoms with Gasteiger partial charge in [0.05, 0.1) is 10.9 Å². The minimum atomic E-state index is -0.704. The van der Waals surface area contributed by atoms with Crippen LogP contribution in [0.25, 0.3) is 10.9 Å². The summed E-state index contributed by atoms with van der Waals surface area (Å²) in [4.78, 5) is 24.9. The first-order valence-corrected chi connectivity index (χ1v) is 5.37. The summed E-state index contributed by atoms with van der Waals surface area (Å²) in [5.74, 6) is -0.704. The fraction of sp³-hybridized carbons (Fsp3) is 0.333. The number of hydrogen-bond donors (Lipinski definition) is 1. The van der Waals surface area contributed by atoms with Crippen LogP contribution in [0, 0.1) is 0 Å². The summed E-state index contributed by atoms with van der Waals surface area (Å²) in [6, 6.07) is 5.43. The molecule has 0 fully saturated rings. The Kier molecular flexibility index (Phi) is 2.90. The van der Waals surface area contributed by atoms with Crippen LogP contribution in [-0.2, 0) is 6.42 Å². The zero-order chi connectivity index (χ0) is 11.5. The first kappa shape index (κ1) is 10.7. The number of hydrogen-bond acceptors (Lipinski definition) is 3. The van der Waals surface area contributed by atoms with E-state index < -0.39 is 11.4 Å². The molecule has 0 saturated carbocycles. The predicted molar refractivity (Wildman–Crippen MR) is 61.7 cm³/mol. The van der Waals surface area contributed by atoms with Crippen LogP contribution < -0.4 is 11.4 Å². The zero-order valence-corrected chi connectivity index (χ0v) is 9.08. The van der Waals surface area contributed by atoms with Crippen LogP contribution in [0.3, 0.4) is 0 Å². The molecule has 84 valence electrons. The van der Waals surface area contributed by atoms with E-state index in [2.05, 4.69) is 16.3 Å². The molecule has 4 heteroatoms. The average Bonchev–Trinajstić information content (AvgIpc) is 2.25. The number of aromatic nitrogens is 1. The summed E-state index contributed by atoms with van der Waals surface area (Å²) < 4.78 is 4.44. The van der Waals surface area contributed by atoms with Crippen molar-refractivity contribution in [2.45, 2.75) is 26.2 Å². The fourth-order valence-corrected chi connectivity index (χ4v) is 1.68. The number of aromatic amines is 1. The predicted octanol–water partition coefficient (Wildman–Crippen LogP) is 1.82. The number of unbranched alkanes of at least 4 members (excludes halogenated alkanes) is 1. The van der Waals surface area contributed by atoms with Gasteiger partial charge in [0.25, 0.3) is 0 Å². The lowest BCUT2D eigenvalue weighted by Crippen LogP contribution is -2.14. The Hall–Kier alpha value is -1.84. The molecule has 0 saturated heterocycles. The van der Waals surface area contributed by atoms with E-state index in [0.29, 0.717) is 10.9 Å². The van der Waals surface area contributed by atoms with Crippen molar-refractivity contribution in [2.24, 2.45) is 0 Å². The second kappa shape index (κ2) is 4.35. The van der Waals surface area contributed by atoms with Crippen LogP contribution in [0.1, 0.15) is 25.3 Å². The number of fused-ring (bicyclic) bond motifs is 1. The maximum Gasteiger partial charge on any atom is 0.419 e. The molecule has 2 aromatic rings. The Morgan fingerprint density at radius 3 is 2.88 bits per heavy atom. The first-order chi connectivity index (χ1) is 7.70. The maximum absolute atomic E-state index is 11.3. The minimum absolute atomic E-state index is 0.417. The van der Waals surface area contributed by atoms with Gasteiger partial charge in [-0.05, 0) is 30.5 Å². The molecule has 0 amide bonds. The summed E-state index contributed by atoms with van der Waals surface area (Å²) in [7, 11) is 0. The Labute approximate surface area is 91.9 Å². The van der Waals surface area contributed by atoms with E-state index in [1.54, 1.807) is 6.07 Å². The van der Waals surface area contributed by atoms with E-state index in [4.69, 9.17) is 0 Å². The molecular formula is C12H13NO3. The van der Waals surface area contributed by atoms with Crippen molar-refractivity contribution in [1.82, 2.24) is 4.98 Å². The lowest BCUT2D eigenvalue weighted by Gasteiger charge is -2.01. The van der Waals surface area contributed by atoms with E-state index in [9.17, 15) is 9.59 Å². The monoisotopic (exact) mass is 219 g/mol. The number of aryl methyl sites for hydroxylation is 1. The zero-order valence-electron chi connectivity index (χ0n) is 9.08. The highest BCUT2D eigenvalue weighted by atomic mass is 16.4. The molecule has 0 radical (unpaired) electrons. The second-order valence-electron chi connectivity index (χ2n) is 3.79. The van der Waals surface area contributed by atoms with Gasteiger partial charge in [-0.1, -0.05) is 19.4 Å². The molecule has 1 N–H and O–H groups in total. The summed E-state index contributed by atoms with van der Waals surface area (Å²) in [5.41, 5.74) is 1.09. The van der Waals surface area contributed by atoms with Gasteiger partial charge in [-0.15, -0.1) is 0 Å². The standard InChI is InChI=1S/C12H13NO3/c1-2-3-4-8-5-6-9-10(7-8)13-12(15)16-11(9)14/h5-7H,2-4H2,1H3,(H,13,15). The molecule has 0 spiro atoms. The van der Waals surface area contributed by atoms with Crippen LogP contribution in [-0.4, -0.2) is 4.98 Å². The summed E-state index contributed by atoms with van der Waals surface area (Å²) in [5, 5.41) is 0.417. The molecular weight excluding hydrogens is 206 g/mol. The van der Waals surface area contributed by atoms with Gasteiger partial charge in [-0.25, -0.2) is 9.59 Å². The molecule has 0 aliphatic rings. The molecule has 0 aliphatic carbocycles. The lowest BCUT2D eigenvalue weighted by atomic mass is 10.1. The summed E-state index contributed by atoms with van der Waals surface area (Å²) in [6.45, 7) is 2.12. The Balaban J connectivity index is 2.53. The molecule has 4 nitrogen and oxygen atoms in total. The number of H-pyrrole nitrogens is 1. The van der Waals surface area contributed by atoms with Crippen molar-refractivity contribution >= 4 is 10.9 Å². The smallest absolute Gasteiger partial charge is 0.372 e. The third-order valence-electron chi connectivity index (χ3n) is 2.55. The molecule has 0 aliphatic heterocycles. The number of rotatable bonds is 3. The van der Waals surface area contributed by atoms with Gasteiger partial charge < -0.3 is 4.42 Å². The van der Waals surface area contributed by atoms with Gasteiger partial charge in [-0.3, -0.25) is 4.98 Å². The average molecular weight is 219 g/mol. The third kappa shape index (κ3) is 2.05. The van der Waals surface area contributed by atoms with Crippen LogP contribution in [0.2, 0.25) is 0 Å². The van der Waals surface area contributed by atoms with Crippen LogP contribution in [0.4, 0.5) is 0 Å². The molecule has 1 aromatic heterocycles. The van der Waals surface area contributed by atoms with E-state index in [-0.39, 0.29) is 0 Å². The second-order valence-corrected chi connectivity index (χ2v) is 3.79. The highest BCUT2D eigenvalue weighted by molar-refractivity contribution is 5.77. The normalized spacial score (nSPS) is 10.8. The van der Waals surface area contributed by atoms with Gasteiger partial charge in [0.15, 0.2) is 0 Å². The maximum atomic E-state index is 11.3. The quantitative estimate of drug-likeness (QED) is 0.856. The molecule has 0 unspecified atom stereocenters. The van der Waals surface area contributed by atoms with Crippen molar-refractivity contribution in [3.8, 4) is 0 Å². The van der Waals surface area contributed by atoms with Gasteiger partial charge in [-0.2, -0.15) is 0 Å². The van der Waals surface area contributed by atoms with Crippen molar-refractivity contribution < 1.29 is 4.42 Å². The SMILES string of the molecule is CCCCc1ccc2c(=O)oc(=O)[nH]c2c1. The van der Waals surface area contributed by atoms with E-state index in [1.165, 1.54) is 0 Å². The van der Waals surface area contributed by atoms with Gasteiger partial charge >= 0.3 is 11.4 Å². The molecule has 0 atom stereocenters. The van der Waals surface area contributed by atoms with Crippen LogP contribution in [0.15, 0.2) is 32.2 Å². The topological polar surface area (TPSA) is 63.1 Å². The molecule has 0 bridgehead atoms. The lowest BCUT2D eigenvalue weighted by molar-refractivity contribution is 0.460. The Morgan fingerprint density at radius 2 is 2.12 bits per heavy atom. The molecule has 1 aromatic carbocycles. The van der Waals surface area contributed by atoms with Crippen molar-refractivity contribution in [1.29, 1.82) is 0 Å². The minimum Gasteiger partial charge on any atom is -0.372 e. The highest BCUT2D eigenvalue weighted by Gasteiger charge is 2.03. The van der Waals surface area contributed by atoms with Crippen LogP contribution in [0.5, 0.6) is 0 Å². The first-order valence-electron chi connectivity index (χ1n) is 5.37. The largest absolute Gasteiger partial charge is 0.419 e. The van der Waals surface area contributed by atoms with Gasteiger partial charge in [0.1, 0.15) is 0 Å². The van der Waals surface area contributed by atoms with E-state index >= 15 is 0 Å². The van der Waals surface area contributed by atoms with Crippen molar-refractivity contribution in [3.63, 3.8) is 0 Å². The number of benzene rings is 1. The number of nitrogens with one attached hydrogen (secondary N) is 1. The molecule has 2 rings (SSSR count).